The van der Waals surface area contributed by atoms with Crippen molar-refractivity contribution in [1.82, 2.24) is 9.55 Å². The lowest BCUT2D eigenvalue weighted by Gasteiger charge is -2.28. The number of H-pyrrole nitrogens is 1. The molecule has 1 saturated carbocycles. The quantitative estimate of drug-likeness (QED) is 0.521. The smallest absolute Gasteiger partial charge is 0.326 e. The average molecular weight is 444 g/mol. The lowest BCUT2D eigenvalue weighted by Crippen LogP contribution is -2.31. The molecule has 0 bridgehead atoms. The van der Waals surface area contributed by atoms with Crippen molar-refractivity contribution in [2.75, 3.05) is 5.32 Å². The van der Waals surface area contributed by atoms with Gasteiger partial charge in [-0.1, -0.05) is 6.07 Å². The Labute approximate surface area is 170 Å². The van der Waals surface area contributed by atoms with Gasteiger partial charge in [0.15, 0.2) is 0 Å². The predicted molar refractivity (Wildman–Crippen MR) is 113 cm³/mol. The molecule has 1 aromatic heterocycles. The van der Waals surface area contributed by atoms with Crippen LogP contribution < -0.4 is 11.0 Å². The highest BCUT2D eigenvalue weighted by Gasteiger charge is 2.29. The number of benzene rings is 2. The Balaban J connectivity index is 1.45. The molecule has 1 heterocycles. The van der Waals surface area contributed by atoms with Gasteiger partial charge in [-0.2, -0.15) is 0 Å². The molecule has 3 aromatic rings. The molecule has 0 saturated heterocycles. The van der Waals surface area contributed by atoms with Gasteiger partial charge < -0.3 is 15.4 Å². The maximum absolute atomic E-state index is 12.6. The van der Waals surface area contributed by atoms with Crippen molar-refractivity contribution in [3.8, 4) is 5.75 Å². The summed E-state index contributed by atoms with van der Waals surface area (Å²) in [6.45, 7) is 1.80. The fourth-order valence-electron chi connectivity index (χ4n) is 4.05. The van der Waals surface area contributed by atoms with Gasteiger partial charge in [0, 0.05) is 22.1 Å². The van der Waals surface area contributed by atoms with E-state index in [4.69, 9.17) is 0 Å². The van der Waals surface area contributed by atoms with Crippen molar-refractivity contribution in [3.05, 3.63) is 56.9 Å². The van der Waals surface area contributed by atoms with Gasteiger partial charge >= 0.3 is 5.69 Å². The number of carbonyl (C=O) groups is 1. The number of anilines is 1. The second-order valence-electron chi connectivity index (χ2n) is 7.43. The van der Waals surface area contributed by atoms with Crippen molar-refractivity contribution in [3.63, 3.8) is 0 Å². The van der Waals surface area contributed by atoms with Crippen LogP contribution >= 0.6 is 15.9 Å². The van der Waals surface area contributed by atoms with E-state index in [1.54, 1.807) is 25.1 Å². The van der Waals surface area contributed by atoms with Gasteiger partial charge in [-0.15, -0.1) is 0 Å². The van der Waals surface area contributed by atoms with E-state index >= 15 is 0 Å². The van der Waals surface area contributed by atoms with Crippen LogP contribution in [0.15, 0.2) is 45.7 Å². The summed E-state index contributed by atoms with van der Waals surface area (Å²) in [5.41, 5.74) is 3.03. The minimum Gasteiger partial charge on any atom is -0.508 e. The van der Waals surface area contributed by atoms with E-state index in [0.29, 0.717) is 5.69 Å². The molecule has 3 N–H and O–H groups in total. The number of fused-ring (bicyclic) bond motifs is 1. The number of nitrogens with one attached hydrogen (secondary N) is 2. The van der Waals surface area contributed by atoms with Gasteiger partial charge in [0.25, 0.3) is 0 Å². The van der Waals surface area contributed by atoms with Gasteiger partial charge in [0.2, 0.25) is 5.91 Å². The Bertz CT molecular complexity index is 1090. The Morgan fingerprint density at radius 1 is 1.21 bits per heavy atom. The normalized spacial score (nSPS) is 19.6. The molecule has 1 fully saturated rings. The average Bonchev–Trinajstić information content (AvgIpc) is 3.02. The minimum atomic E-state index is -0.102. The molecule has 0 spiro atoms. The number of hydrogen-bond acceptors (Lipinski definition) is 3. The highest BCUT2D eigenvalue weighted by atomic mass is 79.9. The molecule has 1 amide bonds. The largest absolute Gasteiger partial charge is 0.508 e. The molecule has 0 unspecified atom stereocenters. The monoisotopic (exact) mass is 443 g/mol. The number of para-hydroxylation sites is 1. The minimum absolute atomic E-state index is 0.00226. The molecule has 2 aromatic carbocycles. The van der Waals surface area contributed by atoms with Gasteiger partial charge in [-0.3, -0.25) is 9.36 Å². The highest BCUT2D eigenvalue weighted by Crippen LogP contribution is 2.34. The number of amides is 1. The lowest BCUT2D eigenvalue weighted by molar-refractivity contribution is -0.121. The van der Waals surface area contributed by atoms with Crippen molar-refractivity contribution in [2.24, 2.45) is 5.92 Å². The highest BCUT2D eigenvalue weighted by molar-refractivity contribution is 9.10. The molecule has 0 aliphatic heterocycles. The molecule has 1 aliphatic rings. The van der Waals surface area contributed by atoms with Crippen LogP contribution in [0.1, 0.15) is 37.3 Å². The van der Waals surface area contributed by atoms with Crippen LogP contribution in [0.4, 0.5) is 5.69 Å². The van der Waals surface area contributed by atoms with Crippen LogP contribution in [-0.2, 0) is 4.79 Å². The number of rotatable bonds is 3. The molecule has 1 aliphatic carbocycles. The summed E-state index contributed by atoms with van der Waals surface area (Å²) in [4.78, 5) is 28.0. The number of aryl methyl sites for hydroxylation is 1. The number of carbonyl (C=O) groups excluding carboxylic acids is 1. The van der Waals surface area contributed by atoms with Gasteiger partial charge in [-0.25, -0.2) is 4.79 Å². The predicted octanol–water partition coefficient (Wildman–Crippen LogP) is 4.48. The number of phenolic OH excluding ortho intramolecular Hbond substituents is 1. The first-order valence-corrected chi connectivity index (χ1v) is 10.2. The fraction of sp³-hybridized carbons (Fsp3) is 0.333. The van der Waals surface area contributed by atoms with Gasteiger partial charge in [0.05, 0.1) is 11.0 Å². The second kappa shape index (κ2) is 7.47. The topological polar surface area (TPSA) is 87.1 Å². The third-order valence-electron chi connectivity index (χ3n) is 5.60. The molecule has 7 heteroatoms. The summed E-state index contributed by atoms with van der Waals surface area (Å²) >= 11 is 3.49. The van der Waals surface area contributed by atoms with Crippen molar-refractivity contribution < 1.29 is 9.90 Å². The summed E-state index contributed by atoms with van der Waals surface area (Å²) < 4.78 is 2.70. The molecule has 28 heavy (non-hydrogen) atoms. The van der Waals surface area contributed by atoms with Crippen molar-refractivity contribution in [1.29, 1.82) is 0 Å². The Kier molecular flexibility index (Phi) is 5.02. The molecule has 6 nitrogen and oxygen atoms in total. The second-order valence-corrected chi connectivity index (χ2v) is 8.28. The van der Waals surface area contributed by atoms with E-state index in [1.165, 1.54) is 0 Å². The first kappa shape index (κ1) is 18.8. The third kappa shape index (κ3) is 3.46. The molecular formula is C21H22BrN3O3. The number of aromatic hydroxyl groups is 1. The zero-order valence-electron chi connectivity index (χ0n) is 15.5. The van der Waals surface area contributed by atoms with E-state index in [-0.39, 0.29) is 29.3 Å². The first-order chi connectivity index (χ1) is 13.4. The van der Waals surface area contributed by atoms with Crippen LogP contribution in [0.2, 0.25) is 0 Å². The summed E-state index contributed by atoms with van der Waals surface area (Å²) in [6.07, 6.45) is 3.04. The van der Waals surface area contributed by atoms with Gasteiger partial charge in [-0.05, 0) is 84.4 Å². The van der Waals surface area contributed by atoms with E-state index in [0.717, 1.165) is 46.8 Å². The van der Waals surface area contributed by atoms with E-state index in [2.05, 4.69) is 26.2 Å². The summed E-state index contributed by atoms with van der Waals surface area (Å²) in [5.74, 6) is 0.143. The standard InChI is InChI=1S/C21H22BrN3O3/c1-12-11-14(7-10-18(12)26)23-20(27)13-5-8-15(9-6-13)25-17-4-2-3-16(22)19(17)24-21(25)28/h2-4,7,10-11,13,15,26H,5-6,8-9H2,1H3,(H,23,27)(H,24,28)/t13-,15+. The van der Waals surface area contributed by atoms with E-state index in [1.807, 2.05) is 22.8 Å². The lowest BCUT2D eigenvalue weighted by atomic mass is 9.85. The maximum atomic E-state index is 12.6. The number of aromatic amines is 1. The first-order valence-electron chi connectivity index (χ1n) is 9.43. The van der Waals surface area contributed by atoms with Crippen LogP contribution in [0, 0.1) is 12.8 Å². The third-order valence-corrected chi connectivity index (χ3v) is 6.26. The molecule has 4 rings (SSSR count). The van der Waals surface area contributed by atoms with Crippen LogP contribution in [-0.4, -0.2) is 20.6 Å². The van der Waals surface area contributed by atoms with Gasteiger partial charge in [0.1, 0.15) is 5.75 Å². The van der Waals surface area contributed by atoms with Crippen LogP contribution in [0.25, 0.3) is 11.0 Å². The molecule has 146 valence electrons. The number of imidazole rings is 1. The SMILES string of the molecule is Cc1cc(NC(=O)[C@H]2CC[C@@H](n3c(=O)[nH]c4c(Br)cccc43)CC2)ccc1O. The molecule has 0 radical (unpaired) electrons. The van der Waals surface area contributed by atoms with Crippen molar-refractivity contribution >= 4 is 38.6 Å². The molecule has 0 atom stereocenters. The van der Waals surface area contributed by atoms with Crippen LogP contribution in [0.5, 0.6) is 5.75 Å². The summed E-state index contributed by atoms with van der Waals surface area (Å²) in [7, 11) is 0. The number of aromatic nitrogens is 2. The summed E-state index contributed by atoms with van der Waals surface area (Å²) in [5, 5.41) is 12.6. The maximum Gasteiger partial charge on any atom is 0.326 e. The number of hydrogen-bond donors (Lipinski definition) is 3. The Hall–Kier alpha value is -2.54. The number of halogens is 1. The fourth-order valence-corrected chi connectivity index (χ4v) is 4.50. The zero-order chi connectivity index (χ0) is 19.8. The van der Waals surface area contributed by atoms with E-state index in [9.17, 15) is 14.7 Å². The Morgan fingerprint density at radius 2 is 1.96 bits per heavy atom. The van der Waals surface area contributed by atoms with Crippen LogP contribution in [0.3, 0.4) is 0 Å². The zero-order valence-corrected chi connectivity index (χ0v) is 17.1. The van der Waals surface area contributed by atoms with E-state index < -0.39 is 0 Å². The van der Waals surface area contributed by atoms with Crippen molar-refractivity contribution in [2.45, 2.75) is 38.6 Å². The Morgan fingerprint density at radius 3 is 2.68 bits per heavy atom. The number of nitrogens with zero attached hydrogens (tertiary/aromatic N) is 1. The molecular weight excluding hydrogens is 422 g/mol. The number of phenols is 1. The summed E-state index contributed by atoms with van der Waals surface area (Å²) in [6, 6.07) is 10.9.